The van der Waals surface area contributed by atoms with Crippen LogP contribution < -0.4 is 4.90 Å². The summed E-state index contributed by atoms with van der Waals surface area (Å²) in [5.74, 6) is -0.941. The SMILES string of the molecule is CC(C)N(CCC#N)c1ccccc1C(=O)O. The summed E-state index contributed by atoms with van der Waals surface area (Å²) < 4.78 is 0. The number of carboxylic acid groups (broad SMARTS) is 1. The Labute approximate surface area is 101 Å². The van der Waals surface area contributed by atoms with Gasteiger partial charge in [-0.05, 0) is 26.0 Å². The van der Waals surface area contributed by atoms with E-state index in [1.54, 1.807) is 18.2 Å². The Morgan fingerprint density at radius 1 is 1.47 bits per heavy atom. The lowest BCUT2D eigenvalue weighted by Gasteiger charge is -2.29. The minimum atomic E-state index is -0.941. The van der Waals surface area contributed by atoms with E-state index in [0.717, 1.165) is 0 Å². The molecule has 1 aromatic carbocycles. The molecule has 0 aliphatic heterocycles. The van der Waals surface area contributed by atoms with Crippen molar-refractivity contribution < 1.29 is 9.90 Å². The highest BCUT2D eigenvalue weighted by Gasteiger charge is 2.17. The molecule has 0 aliphatic carbocycles. The zero-order valence-corrected chi connectivity index (χ0v) is 10.1. The third-order valence-corrected chi connectivity index (χ3v) is 2.53. The van der Waals surface area contributed by atoms with Crippen molar-refractivity contribution in [3.63, 3.8) is 0 Å². The van der Waals surface area contributed by atoms with Crippen molar-refractivity contribution in [3.8, 4) is 6.07 Å². The molecule has 0 bridgehead atoms. The van der Waals surface area contributed by atoms with Crippen LogP contribution in [-0.4, -0.2) is 23.7 Å². The normalized spacial score (nSPS) is 10.0. The van der Waals surface area contributed by atoms with E-state index in [1.807, 2.05) is 24.8 Å². The Kier molecular flexibility index (Phi) is 4.53. The van der Waals surface area contributed by atoms with Crippen molar-refractivity contribution in [2.24, 2.45) is 0 Å². The van der Waals surface area contributed by atoms with Gasteiger partial charge in [-0.25, -0.2) is 4.79 Å². The zero-order valence-electron chi connectivity index (χ0n) is 10.1. The molecule has 1 aromatic rings. The average Bonchev–Trinajstić information content (AvgIpc) is 2.29. The largest absolute Gasteiger partial charge is 0.478 e. The van der Waals surface area contributed by atoms with E-state index in [4.69, 9.17) is 10.4 Å². The highest BCUT2D eigenvalue weighted by molar-refractivity contribution is 5.94. The molecule has 0 heterocycles. The average molecular weight is 232 g/mol. The fourth-order valence-corrected chi connectivity index (χ4v) is 1.73. The molecule has 0 saturated heterocycles. The minimum absolute atomic E-state index is 0.156. The molecule has 4 nitrogen and oxygen atoms in total. The van der Waals surface area contributed by atoms with Gasteiger partial charge in [0.2, 0.25) is 0 Å². The van der Waals surface area contributed by atoms with Crippen molar-refractivity contribution in [1.82, 2.24) is 0 Å². The Morgan fingerprint density at radius 3 is 2.65 bits per heavy atom. The van der Waals surface area contributed by atoms with Crippen molar-refractivity contribution in [2.45, 2.75) is 26.3 Å². The molecule has 0 saturated carbocycles. The van der Waals surface area contributed by atoms with Crippen molar-refractivity contribution in [1.29, 1.82) is 5.26 Å². The maximum absolute atomic E-state index is 11.1. The Morgan fingerprint density at radius 2 is 2.12 bits per heavy atom. The predicted molar refractivity (Wildman–Crippen MR) is 66.1 cm³/mol. The first kappa shape index (κ1) is 13.0. The molecule has 1 rings (SSSR count). The summed E-state index contributed by atoms with van der Waals surface area (Å²) in [6.45, 7) is 4.50. The van der Waals surface area contributed by atoms with Crippen LogP contribution in [0.2, 0.25) is 0 Å². The van der Waals surface area contributed by atoms with Gasteiger partial charge in [-0.3, -0.25) is 0 Å². The summed E-state index contributed by atoms with van der Waals surface area (Å²) in [7, 11) is 0. The Hall–Kier alpha value is -2.02. The highest BCUT2D eigenvalue weighted by Crippen LogP contribution is 2.22. The number of nitrogens with zero attached hydrogens (tertiary/aromatic N) is 2. The molecule has 1 N–H and O–H groups in total. The summed E-state index contributed by atoms with van der Waals surface area (Å²) >= 11 is 0. The second-order valence-electron chi connectivity index (χ2n) is 4.02. The van der Waals surface area contributed by atoms with Gasteiger partial charge in [-0.15, -0.1) is 0 Å². The van der Waals surface area contributed by atoms with Gasteiger partial charge in [0.15, 0.2) is 0 Å². The van der Waals surface area contributed by atoms with Crippen LogP contribution >= 0.6 is 0 Å². The summed E-state index contributed by atoms with van der Waals surface area (Å²) in [5.41, 5.74) is 0.949. The number of para-hydroxylation sites is 1. The molecule has 90 valence electrons. The smallest absolute Gasteiger partial charge is 0.337 e. The van der Waals surface area contributed by atoms with Crippen LogP contribution in [0.15, 0.2) is 24.3 Å². The third kappa shape index (κ3) is 3.22. The van der Waals surface area contributed by atoms with Crippen LogP contribution in [0, 0.1) is 11.3 Å². The molecule has 0 amide bonds. The maximum Gasteiger partial charge on any atom is 0.337 e. The monoisotopic (exact) mass is 232 g/mol. The van der Waals surface area contributed by atoms with Crippen LogP contribution in [0.25, 0.3) is 0 Å². The lowest BCUT2D eigenvalue weighted by molar-refractivity contribution is 0.0697. The van der Waals surface area contributed by atoms with Crippen LogP contribution in [0.1, 0.15) is 30.6 Å². The molecule has 17 heavy (non-hydrogen) atoms. The van der Waals surface area contributed by atoms with E-state index in [2.05, 4.69) is 6.07 Å². The third-order valence-electron chi connectivity index (χ3n) is 2.53. The first-order valence-electron chi connectivity index (χ1n) is 5.53. The quantitative estimate of drug-likeness (QED) is 0.847. The number of carbonyl (C=O) groups is 1. The fourth-order valence-electron chi connectivity index (χ4n) is 1.73. The van der Waals surface area contributed by atoms with Gasteiger partial charge in [0, 0.05) is 12.6 Å². The van der Waals surface area contributed by atoms with Crippen LogP contribution in [0.5, 0.6) is 0 Å². The van der Waals surface area contributed by atoms with Gasteiger partial charge >= 0.3 is 5.97 Å². The van der Waals surface area contributed by atoms with Gasteiger partial charge in [0.1, 0.15) is 0 Å². The van der Waals surface area contributed by atoms with Crippen molar-refractivity contribution >= 4 is 11.7 Å². The van der Waals surface area contributed by atoms with Gasteiger partial charge in [0.05, 0.1) is 23.7 Å². The number of anilines is 1. The summed E-state index contributed by atoms with van der Waals surface area (Å²) in [6, 6.07) is 9.11. The molecule has 4 heteroatoms. The van der Waals surface area contributed by atoms with Gasteiger partial charge < -0.3 is 10.0 Å². The van der Waals surface area contributed by atoms with Crippen LogP contribution in [0.3, 0.4) is 0 Å². The van der Waals surface area contributed by atoms with Gasteiger partial charge in [0.25, 0.3) is 0 Å². The Bertz CT molecular complexity index is 435. The number of aromatic carboxylic acids is 1. The second-order valence-corrected chi connectivity index (χ2v) is 4.02. The maximum atomic E-state index is 11.1. The van der Waals surface area contributed by atoms with Crippen LogP contribution in [0.4, 0.5) is 5.69 Å². The molecule has 0 atom stereocenters. The van der Waals surface area contributed by atoms with Crippen LogP contribution in [-0.2, 0) is 0 Å². The Balaban J connectivity index is 3.10. The molecule has 0 radical (unpaired) electrons. The summed E-state index contributed by atoms with van der Waals surface area (Å²) in [4.78, 5) is 13.1. The highest BCUT2D eigenvalue weighted by atomic mass is 16.4. The van der Waals surface area contributed by atoms with Gasteiger partial charge in [-0.2, -0.15) is 5.26 Å². The van der Waals surface area contributed by atoms with Crippen molar-refractivity contribution in [2.75, 3.05) is 11.4 Å². The molecule has 0 spiro atoms. The first-order chi connectivity index (χ1) is 8.07. The van der Waals surface area contributed by atoms with Gasteiger partial charge in [-0.1, -0.05) is 12.1 Å². The summed E-state index contributed by atoms with van der Waals surface area (Å²) in [6.07, 6.45) is 0.381. The zero-order chi connectivity index (χ0) is 12.8. The number of hydrogen-bond acceptors (Lipinski definition) is 3. The number of rotatable bonds is 5. The molecular weight excluding hydrogens is 216 g/mol. The van der Waals surface area contributed by atoms with E-state index in [1.165, 1.54) is 0 Å². The molecular formula is C13H16N2O2. The summed E-state index contributed by atoms with van der Waals surface area (Å²) in [5, 5.41) is 17.8. The molecule has 0 aromatic heterocycles. The van der Waals surface area contributed by atoms with E-state index < -0.39 is 5.97 Å². The number of hydrogen-bond donors (Lipinski definition) is 1. The second kappa shape index (κ2) is 5.90. The lowest BCUT2D eigenvalue weighted by atomic mass is 10.1. The number of nitriles is 1. The van der Waals surface area contributed by atoms with E-state index in [9.17, 15) is 4.79 Å². The standard InChI is InChI=1S/C13H16N2O2/c1-10(2)15(9-5-8-14)12-7-4-3-6-11(12)13(16)17/h3-4,6-7,10H,5,9H2,1-2H3,(H,16,17). The van der Waals surface area contributed by atoms with E-state index in [-0.39, 0.29) is 11.6 Å². The minimum Gasteiger partial charge on any atom is -0.478 e. The molecule has 0 aliphatic rings. The molecule has 0 fully saturated rings. The lowest BCUT2D eigenvalue weighted by Crippen LogP contribution is -2.32. The topological polar surface area (TPSA) is 64.3 Å². The van der Waals surface area contributed by atoms with E-state index >= 15 is 0 Å². The van der Waals surface area contributed by atoms with E-state index in [0.29, 0.717) is 18.7 Å². The number of carboxylic acids is 1. The molecule has 0 unspecified atom stereocenters. The fraction of sp³-hybridized carbons (Fsp3) is 0.385. The first-order valence-corrected chi connectivity index (χ1v) is 5.53. The number of benzene rings is 1. The van der Waals surface area contributed by atoms with Crippen molar-refractivity contribution in [3.05, 3.63) is 29.8 Å². The predicted octanol–water partition coefficient (Wildman–Crippen LogP) is 2.51.